The molecule has 2 N–H and O–H groups in total. The number of methoxy groups -OCH3 is 1. The topological polar surface area (TPSA) is 75.6 Å². The second kappa shape index (κ2) is 8.41. The summed E-state index contributed by atoms with van der Waals surface area (Å²) in [5.41, 5.74) is 1.02. The molecule has 0 aliphatic carbocycles. The Hall–Kier alpha value is -2.04. The first-order valence-corrected chi connectivity index (χ1v) is 7.55. The lowest BCUT2D eigenvalue weighted by Crippen LogP contribution is -2.45. The molecule has 5 heteroatoms. The normalized spacial score (nSPS) is 14.7. The molecule has 0 saturated heterocycles. The highest BCUT2D eigenvalue weighted by Crippen LogP contribution is 2.22. The molecule has 3 unspecified atom stereocenters. The standard InChI is InChI=1S/C17H25NO4/c1-5-11(2)16(17(20)21)18-15(19)10-12(3)13-6-8-14(22-4)9-7-13/h6-9,11-12,16H,5,10H2,1-4H3,(H,18,19)(H,20,21). The summed E-state index contributed by atoms with van der Waals surface area (Å²) in [4.78, 5) is 23.3. The third kappa shape index (κ3) is 5.06. The quantitative estimate of drug-likeness (QED) is 0.774. The number of amides is 1. The van der Waals surface area contributed by atoms with Gasteiger partial charge in [0.25, 0.3) is 0 Å². The molecule has 0 heterocycles. The van der Waals surface area contributed by atoms with E-state index in [1.54, 1.807) is 7.11 Å². The van der Waals surface area contributed by atoms with Crippen LogP contribution in [0.1, 0.15) is 45.1 Å². The molecule has 1 amide bonds. The molecule has 1 rings (SSSR count). The van der Waals surface area contributed by atoms with E-state index < -0.39 is 12.0 Å². The van der Waals surface area contributed by atoms with E-state index in [4.69, 9.17) is 4.74 Å². The van der Waals surface area contributed by atoms with Crippen molar-refractivity contribution in [2.24, 2.45) is 5.92 Å². The number of carboxylic acid groups (broad SMARTS) is 1. The number of carbonyl (C=O) groups excluding carboxylic acids is 1. The molecular weight excluding hydrogens is 282 g/mol. The van der Waals surface area contributed by atoms with Crippen LogP contribution in [0, 0.1) is 5.92 Å². The first-order chi connectivity index (χ1) is 10.4. The van der Waals surface area contributed by atoms with Crippen molar-refractivity contribution in [3.63, 3.8) is 0 Å². The van der Waals surface area contributed by atoms with E-state index in [-0.39, 0.29) is 24.2 Å². The van der Waals surface area contributed by atoms with Gasteiger partial charge in [0.15, 0.2) is 0 Å². The lowest BCUT2D eigenvalue weighted by molar-refractivity contribution is -0.143. The van der Waals surface area contributed by atoms with Gasteiger partial charge in [-0.3, -0.25) is 4.79 Å². The fourth-order valence-corrected chi connectivity index (χ4v) is 2.24. The summed E-state index contributed by atoms with van der Waals surface area (Å²) in [5, 5.41) is 11.8. The lowest BCUT2D eigenvalue weighted by Gasteiger charge is -2.21. The van der Waals surface area contributed by atoms with E-state index in [0.717, 1.165) is 11.3 Å². The first kappa shape index (κ1) is 18.0. The number of nitrogens with one attached hydrogen (secondary N) is 1. The van der Waals surface area contributed by atoms with Gasteiger partial charge in [0.1, 0.15) is 11.8 Å². The molecule has 0 aromatic heterocycles. The van der Waals surface area contributed by atoms with E-state index in [9.17, 15) is 14.7 Å². The van der Waals surface area contributed by atoms with E-state index in [0.29, 0.717) is 6.42 Å². The number of rotatable bonds is 8. The van der Waals surface area contributed by atoms with Crippen LogP contribution in [0.15, 0.2) is 24.3 Å². The maximum atomic E-state index is 12.1. The van der Waals surface area contributed by atoms with Gasteiger partial charge in [-0.2, -0.15) is 0 Å². The van der Waals surface area contributed by atoms with Crippen LogP contribution >= 0.6 is 0 Å². The fraction of sp³-hybridized carbons (Fsp3) is 0.529. The predicted octanol–water partition coefficient (Wildman–Crippen LogP) is 2.80. The molecule has 0 fully saturated rings. The molecule has 22 heavy (non-hydrogen) atoms. The van der Waals surface area contributed by atoms with Crippen LogP contribution in [-0.2, 0) is 9.59 Å². The number of benzene rings is 1. The zero-order chi connectivity index (χ0) is 16.7. The third-order valence-corrected chi connectivity index (χ3v) is 3.97. The molecule has 3 atom stereocenters. The van der Waals surface area contributed by atoms with Gasteiger partial charge in [-0.15, -0.1) is 0 Å². The van der Waals surface area contributed by atoms with Crippen LogP contribution in [0.2, 0.25) is 0 Å². The van der Waals surface area contributed by atoms with Crippen molar-refractivity contribution < 1.29 is 19.4 Å². The molecule has 0 aliphatic heterocycles. The minimum absolute atomic E-state index is 0.0114. The summed E-state index contributed by atoms with van der Waals surface area (Å²) >= 11 is 0. The SMILES string of the molecule is CCC(C)C(NC(=O)CC(C)c1ccc(OC)cc1)C(=O)O. The summed E-state index contributed by atoms with van der Waals surface area (Å²) in [5.74, 6) is -0.547. The van der Waals surface area contributed by atoms with Crippen molar-refractivity contribution in [3.8, 4) is 5.75 Å². The van der Waals surface area contributed by atoms with Crippen molar-refractivity contribution in [3.05, 3.63) is 29.8 Å². The van der Waals surface area contributed by atoms with Gasteiger partial charge >= 0.3 is 5.97 Å². The number of aliphatic carboxylic acids is 1. The van der Waals surface area contributed by atoms with Gasteiger partial charge in [-0.25, -0.2) is 4.79 Å². The smallest absolute Gasteiger partial charge is 0.326 e. The van der Waals surface area contributed by atoms with Gasteiger partial charge < -0.3 is 15.2 Å². The minimum atomic E-state index is -0.986. The van der Waals surface area contributed by atoms with Crippen LogP contribution in [0.4, 0.5) is 0 Å². The minimum Gasteiger partial charge on any atom is -0.497 e. The van der Waals surface area contributed by atoms with Crippen LogP contribution in [-0.4, -0.2) is 30.1 Å². The second-order valence-electron chi connectivity index (χ2n) is 5.65. The summed E-state index contributed by atoms with van der Waals surface area (Å²) < 4.78 is 5.10. The molecule has 0 aliphatic rings. The Morgan fingerprint density at radius 2 is 1.82 bits per heavy atom. The van der Waals surface area contributed by atoms with Gasteiger partial charge in [0, 0.05) is 6.42 Å². The number of ether oxygens (including phenoxy) is 1. The monoisotopic (exact) mass is 307 g/mol. The van der Waals surface area contributed by atoms with Gasteiger partial charge in [0.05, 0.1) is 7.11 Å². The maximum Gasteiger partial charge on any atom is 0.326 e. The Balaban J connectivity index is 2.64. The highest BCUT2D eigenvalue weighted by Gasteiger charge is 2.25. The zero-order valence-electron chi connectivity index (χ0n) is 13.6. The van der Waals surface area contributed by atoms with E-state index >= 15 is 0 Å². The predicted molar refractivity (Wildman–Crippen MR) is 85.0 cm³/mol. The molecule has 5 nitrogen and oxygen atoms in total. The van der Waals surface area contributed by atoms with Gasteiger partial charge in [0.2, 0.25) is 5.91 Å². The molecule has 0 radical (unpaired) electrons. The van der Waals surface area contributed by atoms with Crippen molar-refractivity contribution >= 4 is 11.9 Å². The molecule has 1 aromatic rings. The fourth-order valence-electron chi connectivity index (χ4n) is 2.24. The third-order valence-electron chi connectivity index (χ3n) is 3.97. The second-order valence-corrected chi connectivity index (χ2v) is 5.65. The number of carbonyl (C=O) groups is 2. The van der Waals surface area contributed by atoms with Crippen molar-refractivity contribution in [2.75, 3.05) is 7.11 Å². The summed E-state index contributed by atoms with van der Waals surface area (Å²) in [6.07, 6.45) is 0.956. The highest BCUT2D eigenvalue weighted by molar-refractivity contribution is 5.84. The van der Waals surface area contributed by atoms with Crippen LogP contribution < -0.4 is 10.1 Å². The number of hydrogen-bond acceptors (Lipinski definition) is 3. The van der Waals surface area contributed by atoms with E-state index in [1.807, 2.05) is 45.0 Å². The number of carboxylic acids is 1. The molecule has 1 aromatic carbocycles. The van der Waals surface area contributed by atoms with Crippen LogP contribution in [0.3, 0.4) is 0 Å². The largest absolute Gasteiger partial charge is 0.497 e. The Bertz CT molecular complexity index is 498. The Labute approximate surface area is 131 Å². The Kier molecular flexibility index (Phi) is 6.89. The van der Waals surface area contributed by atoms with Crippen LogP contribution in [0.25, 0.3) is 0 Å². The number of hydrogen-bond donors (Lipinski definition) is 2. The summed E-state index contributed by atoms with van der Waals surface area (Å²) in [7, 11) is 1.60. The summed E-state index contributed by atoms with van der Waals surface area (Å²) in [6, 6.07) is 6.70. The molecule has 0 saturated carbocycles. The van der Waals surface area contributed by atoms with Crippen molar-refractivity contribution in [1.29, 1.82) is 0 Å². The molecule has 122 valence electrons. The summed E-state index contributed by atoms with van der Waals surface area (Å²) in [6.45, 7) is 5.68. The van der Waals surface area contributed by atoms with Crippen molar-refractivity contribution in [1.82, 2.24) is 5.32 Å². The average molecular weight is 307 g/mol. The Morgan fingerprint density at radius 1 is 1.23 bits per heavy atom. The first-order valence-electron chi connectivity index (χ1n) is 7.55. The van der Waals surface area contributed by atoms with Crippen LogP contribution in [0.5, 0.6) is 5.75 Å². The zero-order valence-corrected chi connectivity index (χ0v) is 13.6. The maximum absolute atomic E-state index is 12.1. The van der Waals surface area contributed by atoms with Gasteiger partial charge in [-0.05, 0) is 29.5 Å². The van der Waals surface area contributed by atoms with Crippen molar-refractivity contribution in [2.45, 2.75) is 45.6 Å². The molecular formula is C17H25NO4. The average Bonchev–Trinajstić information content (AvgIpc) is 2.51. The molecule has 0 spiro atoms. The lowest BCUT2D eigenvalue weighted by atomic mass is 9.95. The Morgan fingerprint density at radius 3 is 2.27 bits per heavy atom. The van der Waals surface area contributed by atoms with E-state index in [2.05, 4.69) is 5.32 Å². The highest BCUT2D eigenvalue weighted by atomic mass is 16.5. The van der Waals surface area contributed by atoms with Gasteiger partial charge in [-0.1, -0.05) is 39.3 Å². The molecule has 0 bridgehead atoms. The van der Waals surface area contributed by atoms with E-state index in [1.165, 1.54) is 0 Å².